The number of fused-ring (bicyclic) bond motifs is 1. The Bertz CT molecular complexity index is 1460. The monoisotopic (exact) mass is 673 g/mol. The third-order valence-electron chi connectivity index (χ3n) is 9.20. The summed E-state index contributed by atoms with van der Waals surface area (Å²) in [6.07, 6.45) is -1.17. The first-order chi connectivity index (χ1) is 23.7. The molecule has 0 bridgehead atoms. The van der Waals surface area contributed by atoms with Crippen molar-refractivity contribution >= 4 is 12.0 Å². The zero-order valence-electron chi connectivity index (χ0n) is 28.6. The second-order valence-corrected chi connectivity index (χ2v) is 13.5. The van der Waals surface area contributed by atoms with E-state index >= 15 is 0 Å². The predicted molar refractivity (Wildman–Crippen MR) is 187 cm³/mol. The zero-order valence-corrected chi connectivity index (χ0v) is 28.6. The molecule has 2 amide bonds. The maximum absolute atomic E-state index is 14.0. The van der Waals surface area contributed by atoms with Crippen LogP contribution in [-0.4, -0.2) is 91.4 Å². The van der Waals surface area contributed by atoms with Crippen LogP contribution in [0.15, 0.2) is 78.9 Å². The van der Waals surface area contributed by atoms with Crippen LogP contribution in [0.5, 0.6) is 5.75 Å². The molecular formula is C39H51N3O7. The second-order valence-electron chi connectivity index (χ2n) is 13.5. The Kier molecular flexibility index (Phi) is 13.5. The number of alkyl carbamates (subject to hydrolysis) is 1. The van der Waals surface area contributed by atoms with Crippen LogP contribution in [0, 0.1) is 11.8 Å². The van der Waals surface area contributed by atoms with Crippen molar-refractivity contribution in [1.82, 2.24) is 15.5 Å². The summed E-state index contributed by atoms with van der Waals surface area (Å²) in [6, 6.07) is 23.8. The number of nitrogens with zero attached hydrogens (tertiary/aromatic N) is 1. The number of hydrogen-bond donors (Lipinski definition) is 4. The SMILES string of the molecule is CC(C)COC(=O)NC(Cc1ccccc1)C(O)CC(Cc1ccc(OCCN2CCOCC2)cc1)C(=O)N[C@H]1c2ccccc2C[C@@H]1O. The maximum Gasteiger partial charge on any atom is 0.407 e. The fraction of sp³-hybridized carbons (Fsp3) is 0.487. The van der Waals surface area contributed by atoms with E-state index in [9.17, 15) is 19.8 Å². The Morgan fingerprint density at radius 1 is 0.939 bits per heavy atom. The van der Waals surface area contributed by atoms with E-state index < -0.39 is 36.3 Å². The van der Waals surface area contributed by atoms with Crippen molar-refractivity contribution < 1.29 is 34.0 Å². The molecule has 5 rings (SSSR count). The summed E-state index contributed by atoms with van der Waals surface area (Å²) in [5, 5.41) is 28.5. The fourth-order valence-corrected chi connectivity index (χ4v) is 6.47. The first-order valence-corrected chi connectivity index (χ1v) is 17.5. The average molecular weight is 674 g/mol. The maximum atomic E-state index is 14.0. The molecule has 4 N–H and O–H groups in total. The molecule has 3 aromatic carbocycles. The van der Waals surface area contributed by atoms with E-state index in [1.54, 1.807) is 0 Å². The lowest BCUT2D eigenvalue weighted by Crippen LogP contribution is -2.47. The van der Waals surface area contributed by atoms with E-state index in [1.165, 1.54) is 0 Å². The smallest absolute Gasteiger partial charge is 0.407 e. The summed E-state index contributed by atoms with van der Waals surface area (Å²) in [4.78, 5) is 29.1. The van der Waals surface area contributed by atoms with E-state index in [-0.39, 0.29) is 24.9 Å². The van der Waals surface area contributed by atoms with Gasteiger partial charge < -0.3 is 35.1 Å². The van der Waals surface area contributed by atoms with Gasteiger partial charge in [-0.25, -0.2) is 4.79 Å². The summed E-state index contributed by atoms with van der Waals surface area (Å²) < 4.78 is 16.8. The molecule has 3 unspecified atom stereocenters. The number of hydrogen-bond acceptors (Lipinski definition) is 8. The van der Waals surface area contributed by atoms with Gasteiger partial charge in [-0.1, -0.05) is 80.6 Å². The molecule has 2 aliphatic rings. The Balaban J connectivity index is 1.30. The van der Waals surface area contributed by atoms with Crippen LogP contribution in [0.25, 0.3) is 0 Å². The van der Waals surface area contributed by atoms with Crippen molar-refractivity contribution in [3.63, 3.8) is 0 Å². The van der Waals surface area contributed by atoms with Crippen LogP contribution in [0.3, 0.4) is 0 Å². The number of amides is 2. The van der Waals surface area contributed by atoms with Gasteiger partial charge in [-0.15, -0.1) is 0 Å². The largest absolute Gasteiger partial charge is 0.492 e. The van der Waals surface area contributed by atoms with Gasteiger partial charge in [0.25, 0.3) is 0 Å². The number of rotatable bonds is 16. The summed E-state index contributed by atoms with van der Waals surface area (Å²) in [5.41, 5.74) is 3.75. The molecule has 0 spiro atoms. The van der Waals surface area contributed by atoms with Gasteiger partial charge in [0.15, 0.2) is 0 Å². The van der Waals surface area contributed by atoms with Gasteiger partial charge in [0.1, 0.15) is 12.4 Å². The number of ether oxygens (including phenoxy) is 3. The molecule has 1 aliphatic heterocycles. The standard InChI is InChI=1S/C39H51N3O7/c1-27(2)26-49-39(46)40-34(23-28-8-4-3-5-9-28)35(43)25-31(38(45)41-37-33-11-7-6-10-30(33)24-36(37)44)22-29-12-14-32(15-13-29)48-21-18-42-16-19-47-20-17-42/h3-15,27,31,34-37,43-44H,16-26H2,1-2H3,(H,40,46)(H,41,45)/t31?,34?,35?,36-,37-/m0/s1. The molecule has 0 aromatic heterocycles. The second kappa shape index (κ2) is 18.2. The molecule has 1 aliphatic carbocycles. The topological polar surface area (TPSA) is 130 Å². The van der Waals surface area contributed by atoms with Crippen molar-refractivity contribution in [3.05, 3.63) is 101 Å². The highest BCUT2D eigenvalue weighted by atomic mass is 16.5. The normalized spacial score (nSPS) is 19.4. The minimum Gasteiger partial charge on any atom is -0.492 e. The third-order valence-corrected chi connectivity index (χ3v) is 9.20. The quantitative estimate of drug-likeness (QED) is 0.179. The van der Waals surface area contributed by atoms with Gasteiger partial charge in [-0.3, -0.25) is 9.69 Å². The molecule has 1 heterocycles. The molecule has 0 saturated carbocycles. The molecule has 0 radical (unpaired) electrons. The molecule has 264 valence electrons. The van der Waals surface area contributed by atoms with E-state index in [0.717, 1.165) is 60.9 Å². The van der Waals surface area contributed by atoms with Crippen molar-refractivity contribution in [2.45, 2.75) is 63.8 Å². The van der Waals surface area contributed by atoms with Gasteiger partial charge in [-0.2, -0.15) is 0 Å². The molecule has 1 fully saturated rings. The highest BCUT2D eigenvalue weighted by Gasteiger charge is 2.35. The minimum absolute atomic E-state index is 0.0794. The zero-order chi connectivity index (χ0) is 34.6. The van der Waals surface area contributed by atoms with Crippen molar-refractivity contribution in [3.8, 4) is 5.75 Å². The number of nitrogens with one attached hydrogen (secondary N) is 2. The Morgan fingerprint density at radius 2 is 1.63 bits per heavy atom. The number of morpholine rings is 1. The number of benzene rings is 3. The first kappa shape index (κ1) is 36.3. The first-order valence-electron chi connectivity index (χ1n) is 17.5. The summed E-state index contributed by atoms with van der Waals surface area (Å²) in [5.74, 6) is -0.0222. The van der Waals surface area contributed by atoms with Crippen LogP contribution < -0.4 is 15.4 Å². The molecule has 1 saturated heterocycles. The molecule has 10 nitrogen and oxygen atoms in total. The number of carbonyl (C=O) groups excluding carboxylic acids is 2. The Labute approximate surface area is 289 Å². The number of aliphatic hydroxyl groups is 2. The fourth-order valence-electron chi connectivity index (χ4n) is 6.47. The molecule has 49 heavy (non-hydrogen) atoms. The van der Waals surface area contributed by atoms with Crippen molar-refractivity contribution in [2.75, 3.05) is 46.1 Å². The average Bonchev–Trinajstić information content (AvgIpc) is 3.42. The van der Waals surface area contributed by atoms with Gasteiger partial charge in [0.2, 0.25) is 5.91 Å². The summed E-state index contributed by atoms with van der Waals surface area (Å²) in [7, 11) is 0. The van der Waals surface area contributed by atoms with E-state index in [2.05, 4.69) is 15.5 Å². The Morgan fingerprint density at radius 3 is 2.37 bits per heavy atom. The van der Waals surface area contributed by atoms with E-state index in [1.807, 2.05) is 92.7 Å². The molecule has 10 heteroatoms. The van der Waals surface area contributed by atoms with Crippen LogP contribution in [0.4, 0.5) is 4.79 Å². The van der Waals surface area contributed by atoms with Crippen LogP contribution in [0.1, 0.15) is 48.6 Å². The molecular weight excluding hydrogens is 622 g/mol. The minimum atomic E-state index is -1.06. The van der Waals surface area contributed by atoms with Gasteiger partial charge in [0.05, 0.1) is 44.1 Å². The molecule has 5 atom stereocenters. The lowest BCUT2D eigenvalue weighted by atomic mass is 9.88. The van der Waals surface area contributed by atoms with Gasteiger partial charge >= 0.3 is 6.09 Å². The van der Waals surface area contributed by atoms with Crippen molar-refractivity contribution in [1.29, 1.82) is 0 Å². The highest BCUT2D eigenvalue weighted by Crippen LogP contribution is 2.32. The lowest BCUT2D eigenvalue weighted by Gasteiger charge is -2.29. The third kappa shape index (κ3) is 11.0. The number of carbonyl (C=O) groups is 2. The Hall–Kier alpha value is -3.96. The highest BCUT2D eigenvalue weighted by molar-refractivity contribution is 5.80. The van der Waals surface area contributed by atoms with Gasteiger partial charge in [-0.05, 0) is 59.6 Å². The van der Waals surface area contributed by atoms with Crippen molar-refractivity contribution in [2.24, 2.45) is 11.8 Å². The molecule has 3 aromatic rings. The van der Waals surface area contributed by atoms with Crippen LogP contribution in [-0.2, 0) is 33.5 Å². The van der Waals surface area contributed by atoms with Gasteiger partial charge in [0, 0.05) is 32.0 Å². The van der Waals surface area contributed by atoms with Crippen LogP contribution >= 0.6 is 0 Å². The van der Waals surface area contributed by atoms with E-state index in [4.69, 9.17) is 14.2 Å². The summed E-state index contributed by atoms with van der Waals surface area (Å²) >= 11 is 0. The lowest BCUT2D eigenvalue weighted by molar-refractivity contribution is -0.127. The predicted octanol–water partition coefficient (Wildman–Crippen LogP) is 4.08. The summed E-state index contributed by atoms with van der Waals surface area (Å²) in [6.45, 7) is 8.85. The van der Waals surface area contributed by atoms with Crippen LogP contribution in [0.2, 0.25) is 0 Å². The van der Waals surface area contributed by atoms with E-state index in [0.29, 0.717) is 25.9 Å². The number of aliphatic hydroxyl groups excluding tert-OH is 2.